The van der Waals surface area contributed by atoms with Crippen molar-refractivity contribution in [2.75, 3.05) is 5.75 Å². The molecule has 0 unspecified atom stereocenters. The van der Waals surface area contributed by atoms with E-state index in [1.807, 2.05) is 31.2 Å². The van der Waals surface area contributed by atoms with Gasteiger partial charge in [-0.1, -0.05) is 67.2 Å². The predicted octanol–water partition coefficient (Wildman–Crippen LogP) is 5.50. The number of carboxylic acid groups (broad SMARTS) is 1. The van der Waals surface area contributed by atoms with Gasteiger partial charge in [0.1, 0.15) is 10.4 Å². The topological polar surface area (TPSA) is 110 Å². The Kier molecular flexibility index (Phi) is 6.16. The number of nitrogens with one attached hydrogen (secondary N) is 1. The Morgan fingerprint density at radius 3 is 2.59 bits per heavy atom. The second-order valence-corrected chi connectivity index (χ2v) is 10.1. The average molecular weight is 491 g/mol. The quantitative estimate of drug-likeness (QED) is 0.276. The van der Waals surface area contributed by atoms with Crippen molar-refractivity contribution < 1.29 is 9.90 Å². The van der Waals surface area contributed by atoms with Gasteiger partial charge in [0.2, 0.25) is 0 Å². The number of H-pyrrole nitrogens is 1. The number of fused-ring (bicyclic) bond motifs is 1. The molecule has 3 aromatic heterocycles. The normalized spacial score (nSPS) is 11.4. The zero-order valence-electron chi connectivity index (χ0n) is 18.6. The zero-order valence-corrected chi connectivity index (χ0v) is 20.3. The van der Waals surface area contributed by atoms with E-state index >= 15 is 0 Å². The summed E-state index contributed by atoms with van der Waals surface area (Å²) in [5.41, 5.74) is 5.64. The Morgan fingerprint density at radius 1 is 1.15 bits per heavy atom. The number of rotatable bonds is 8. The minimum Gasteiger partial charge on any atom is -0.477 e. The first-order valence-electron chi connectivity index (χ1n) is 10.8. The number of nitrogens with zero attached hydrogens (tertiary/aromatic N) is 5. The summed E-state index contributed by atoms with van der Waals surface area (Å²) in [6.45, 7) is 4.71. The van der Waals surface area contributed by atoms with Gasteiger partial charge in [-0.15, -0.1) is 16.4 Å². The van der Waals surface area contributed by atoms with Gasteiger partial charge in [0.15, 0.2) is 11.0 Å². The van der Waals surface area contributed by atoms with Crippen LogP contribution in [0.4, 0.5) is 0 Å². The van der Waals surface area contributed by atoms with Crippen molar-refractivity contribution in [3.63, 3.8) is 0 Å². The number of hydrogen-bond acceptors (Lipinski definition) is 7. The highest BCUT2D eigenvalue weighted by Gasteiger charge is 2.23. The Bertz CT molecular complexity index is 1460. The summed E-state index contributed by atoms with van der Waals surface area (Å²) in [6.07, 6.45) is 1.02. The molecule has 5 rings (SSSR count). The molecule has 0 aliphatic carbocycles. The second-order valence-electron chi connectivity index (χ2n) is 7.81. The SMILES string of the molecule is CCCSc1nc2c(C(=O)O)sc(C)c2n1Cc1ccc(-c2ccccc2-c2nnn[nH]2)cc1. The van der Waals surface area contributed by atoms with Crippen molar-refractivity contribution in [2.24, 2.45) is 0 Å². The van der Waals surface area contributed by atoms with Crippen molar-refractivity contribution >= 4 is 40.1 Å². The second kappa shape index (κ2) is 9.40. The lowest BCUT2D eigenvalue weighted by Gasteiger charge is -2.11. The van der Waals surface area contributed by atoms with Gasteiger partial charge in [-0.3, -0.25) is 0 Å². The molecule has 0 fully saturated rings. The maximum absolute atomic E-state index is 11.7. The molecule has 0 aliphatic heterocycles. The number of tetrazole rings is 1. The third-order valence-electron chi connectivity index (χ3n) is 5.50. The van der Waals surface area contributed by atoms with Crippen LogP contribution >= 0.6 is 23.1 Å². The smallest absolute Gasteiger partial charge is 0.348 e. The first-order chi connectivity index (χ1) is 16.6. The molecule has 172 valence electrons. The summed E-state index contributed by atoms with van der Waals surface area (Å²) in [6, 6.07) is 16.4. The number of thiophene rings is 1. The number of carbonyl (C=O) groups is 1. The van der Waals surface area contributed by atoms with Crippen molar-refractivity contribution in [3.05, 3.63) is 63.8 Å². The third-order valence-corrected chi connectivity index (χ3v) is 7.75. The van der Waals surface area contributed by atoms with E-state index in [-0.39, 0.29) is 0 Å². The molecule has 0 radical (unpaired) electrons. The largest absolute Gasteiger partial charge is 0.477 e. The summed E-state index contributed by atoms with van der Waals surface area (Å²) in [4.78, 5) is 17.7. The van der Waals surface area contributed by atoms with Crippen LogP contribution in [0.1, 0.15) is 33.5 Å². The lowest BCUT2D eigenvalue weighted by atomic mass is 9.98. The van der Waals surface area contributed by atoms with Crippen molar-refractivity contribution in [1.29, 1.82) is 0 Å². The van der Waals surface area contributed by atoms with Gasteiger partial charge < -0.3 is 9.67 Å². The Balaban J connectivity index is 1.50. The predicted molar refractivity (Wildman–Crippen MR) is 134 cm³/mol. The number of imidazole rings is 1. The van der Waals surface area contributed by atoms with E-state index in [1.165, 1.54) is 11.3 Å². The summed E-state index contributed by atoms with van der Waals surface area (Å²) in [5, 5.41) is 24.8. The van der Waals surface area contributed by atoms with Gasteiger partial charge in [-0.2, -0.15) is 0 Å². The number of carboxylic acids is 1. The first kappa shape index (κ1) is 22.3. The fourth-order valence-electron chi connectivity index (χ4n) is 3.98. The van der Waals surface area contributed by atoms with Crippen LogP contribution in [-0.4, -0.2) is 47.0 Å². The molecule has 10 heteroatoms. The number of benzene rings is 2. The number of aromatic carboxylic acids is 1. The fraction of sp³-hybridized carbons (Fsp3) is 0.208. The lowest BCUT2D eigenvalue weighted by Crippen LogP contribution is -2.02. The third kappa shape index (κ3) is 4.10. The lowest BCUT2D eigenvalue weighted by molar-refractivity contribution is 0.0704. The summed E-state index contributed by atoms with van der Waals surface area (Å²) in [5.74, 6) is 0.626. The van der Waals surface area contributed by atoms with Gasteiger partial charge in [0, 0.05) is 16.2 Å². The van der Waals surface area contributed by atoms with Crippen LogP contribution in [0, 0.1) is 6.92 Å². The molecular weight excluding hydrogens is 468 g/mol. The molecule has 2 aromatic carbocycles. The Morgan fingerprint density at radius 2 is 1.91 bits per heavy atom. The minimum absolute atomic E-state index is 0.304. The standard InChI is InChI=1S/C24H22N6O2S2/c1-3-12-33-24-25-19-20(14(2)34-21(19)23(31)32)30(24)13-15-8-10-16(11-9-15)17-6-4-5-7-18(17)22-26-28-29-27-22/h4-11H,3,12-13H2,1-2H3,(H,31,32)(H,26,27,28,29). The molecule has 0 atom stereocenters. The molecule has 0 spiro atoms. The fourth-order valence-corrected chi connectivity index (χ4v) is 5.77. The van der Waals surface area contributed by atoms with E-state index in [0.717, 1.165) is 50.0 Å². The molecular formula is C24H22N6O2S2. The van der Waals surface area contributed by atoms with Crippen molar-refractivity contribution in [1.82, 2.24) is 30.2 Å². The van der Waals surface area contributed by atoms with Crippen LogP contribution in [-0.2, 0) is 6.54 Å². The summed E-state index contributed by atoms with van der Waals surface area (Å²) < 4.78 is 2.15. The molecule has 0 bridgehead atoms. The molecule has 34 heavy (non-hydrogen) atoms. The van der Waals surface area contributed by atoms with Gasteiger partial charge in [0.25, 0.3) is 0 Å². The van der Waals surface area contributed by atoms with Crippen LogP contribution in [0.2, 0.25) is 0 Å². The highest BCUT2D eigenvalue weighted by atomic mass is 32.2. The monoisotopic (exact) mass is 490 g/mol. The van der Waals surface area contributed by atoms with E-state index in [4.69, 9.17) is 4.98 Å². The van der Waals surface area contributed by atoms with Gasteiger partial charge >= 0.3 is 5.97 Å². The molecule has 0 saturated carbocycles. The summed E-state index contributed by atoms with van der Waals surface area (Å²) >= 11 is 2.96. The number of hydrogen-bond donors (Lipinski definition) is 2. The van der Waals surface area contributed by atoms with Crippen molar-refractivity contribution in [2.45, 2.75) is 32.0 Å². The number of aromatic amines is 1. The molecule has 3 heterocycles. The maximum atomic E-state index is 11.7. The molecule has 0 saturated heterocycles. The molecule has 2 N–H and O–H groups in total. The number of thioether (sulfide) groups is 1. The molecule has 0 amide bonds. The number of aryl methyl sites for hydroxylation is 1. The highest BCUT2D eigenvalue weighted by molar-refractivity contribution is 7.99. The van der Waals surface area contributed by atoms with Crippen LogP contribution in [0.3, 0.4) is 0 Å². The molecule has 0 aliphatic rings. The van der Waals surface area contributed by atoms with Crippen molar-refractivity contribution in [3.8, 4) is 22.5 Å². The van der Waals surface area contributed by atoms with Crippen LogP contribution < -0.4 is 0 Å². The van der Waals surface area contributed by atoms with E-state index < -0.39 is 5.97 Å². The van der Waals surface area contributed by atoms with Crippen LogP contribution in [0.15, 0.2) is 53.7 Å². The number of aromatic nitrogens is 6. The first-order valence-corrected chi connectivity index (χ1v) is 12.6. The highest BCUT2D eigenvalue weighted by Crippen LogP contribution is 2.35. The van der Waals surface area contributed by atoms with Gasteiger partial charge in [-0.25, -0.2) is 14.9 Å². The van der Waals surface area contributed by atoms with Gasteiger partial charge in [0.05, 0.1) is 12.1 Å². The Hall–Kier alpha value is -3.50. The molecule has 5 aromatic rings. The average Bonchev–Trinajstić information content (AvgIpc) is 3.57. The maximum Gasteiger partial charge on any atom is 0.348 e. The van der Waals surface area contributed by atoms with E-state index in [9.17, 15) is 9.90 Å². The van der Waals surface area contributed by atoms with Crippen LogP contribution in [0.25, 0.3) is 33.5 Å². The zero-order chi connectivity index (χ0) is 23.7. The summed E-state index contributed by atoms with van der Waals surface area (Å²) in [7, 11) is 0. The van der Waals surface area contributed by atoms with E-state index in [1.54, 1.807) is 11.8 Å². The van der Waals surface area contributed by atoms with Gasteiger partial charge in [-0.05, 0) is 40.5 Å². The van der Waals surface area contributed by atoms with Crippen LogP contribution in [0.5, 0.6) is 0 Å². The van der Waals surface area contributed by atoms with E-state index in [0.29, 0.717) is 22.8 Å². The minimum atomic E-state index is -0.926. The van der Waals surface area contributed by atoms with E-state index in [2.05, 4.69) is 56.4 Å². The molecule has 8 nitrogen and oxygen atoms in total. The Labute approximate surface area is 204 Å².